The zero-order valence-electron chi connectivity index (χ0n) is 7.15. The molecule has 0 saturated heterocycles. The van der Waals surface area contributed by atoms with Gasteiger partial charge in [-0.25, -0.2) is 0 Å². The number of hydrogen-bond acceptors (Lipinski definition) is 0. The van der Waals surface area contributed by atoms with E-state index in [4.69, 9.17) is 0 Å². The first-order valence-corrected chi connectivity index (χ1v) is 4.25. The van der Waals surface area contributed by atoms with Crippen molar-refractivity contribution >= 4 is 0 Å². The normalized spacial score (nSPS) is 48.5. The minimum absolute atomic E-state index is 0.493. The maximum atomic E-state index is 2.43. The zero-order valence-corrected chi connectivity index (χ0v) is 7.15. The Bertz CT molecular complexity index is 175. The molecular formula is C10H16. The summed E-state index contributed by atoms with van der Waals surface area (Å²) in [5, 5.41) is 0. The highest BCUT2D eigenvalue weighted by Gasteiger charge is 2.51. The van der Waals surface area contributed by atoms with E-state index in [0.717, 1.165) is 5.92 Å². The quantitative estimate of drug-likeness (QED) is 0.449. The molecule has 0 N–H and O–H groups in total. The predicted octanol–water partition coefficient (Wildman–Crippen LogP) is 3.00. The highest BCUT2D eigenvalue weighted by molar-refractivity contribution is 5.21. The van der Waals surface area contributed by atoms with Gasteiger partial charge >= 0.3 is 0 Å². The Morgan fingerprint density at radius 3 is 2.10 bits per heavy atom. The van der Waals surface area contributed by atoms with Gasteiger partial charge in [-0.15, -0.1) is 0 Å². The van der Waals surface area contributed by atoms with E-state index in [2.05, 4.69) is 32.9 Å². The summed E-state index contributed by atoms with van der Waals surface area (Å²) in [5.41, 5.74) is 1.08. The van der Waals surface area contributed by atoms with Crippen LogP contribution in [0.3, 0.4) is 0 Å². The van der Waals surface area contributed by atoms with Gasteiger partial charge in [-0.2, -0.15) is 0 Å². The number of hydrogen-bond donors (Lipinski definition) is 0. The molecule has 0 spiro atoms. The van der Waals surface area contributed by atoms with Crippen molar-refractivity contribution in [3.05, 3.63) is 12.2 Å². The zero-order chi connectivity index (χ0) is 7.41. The molecule has 2 atom stereocenters. The van der Waals surface area contributed by atoms with Crippen molar-refractivity contribution in [2.24, 2.45) is 16.7 Å². The lowest BCUT2D eigenvalue weighted by Crippen LogP contribution is -2.39. The molecule has 0 aliphatic heterocycles. The molecule has 0 bridgehead atoms. The van der Waals surface area contributed by atoms with E-state index < -0.39 is 0 Å². The Kier molecular flexibility index (Phi) is 0.962. The third kappa shape index (κ3) is 0.574. The first kappa shape index (κ1) is 6.45. The molecule has 0 aromatic heterocycles. The molecule has 0 amide bonds. The van der Waals surface area contributed by atoms with Gasteiger partial charge in [0.05, 0.1) is 0 Å². The minimum Gasteiger partial charge on any atom is -0.0820 e. The summed E-state index contributed by atoms with van der Waals surface area (Å²) < 4.78 is 0. The van der Waals surface area contributed by atoms with E-state index in [9.17, 15) is 0 Å². The number of allylic oxidation sites excluding steroid dienone is 2. The van der Waals surface area contributed by atoms with Crippen molar-refractivity contribution in [3.63, 3.8) is 0 Å². The van der Waals surface area contributed by atoms with Gasteiger partial charge in [0.15, 0.2) is 0 Å². The minimum atomic E-state index is 0.493. The topological polar surface area (TPSA) is 0 Å². The molecule has 0 nitrogen and oxygen atoms in total. The summed E-state index contributed by atoms with van der Waals surface area (Å²) >= 11 is 0. The standard InChI is InChI=1S/C10H16/c1-9(2)6-7-10(3)5-4-8(9)10/h6-8H,4-5H2,1-3H3. The van der Waals surface area contributed by atoms with Gasteiger partial charge in [0.1, 0.15) is 0 Å². The second-order valence-electron chi connectivity index (χ2n) is 4.75. The molecule has 2 unspecified atom stereocenters. The molecule has 1 fully saturated rings. The summed E-state index contributed by atoms with van der Waals surface area (Å²) in [7, 11) is 0. The van der Waals surface area contributed by atoms with Crippen molar-refractivity contribution in [1.82, 2.24) is 0 Å². The van der Waals surface area contributed by atoms with Crippen LogP contribution < -0.4 is 0 Å². The van der Waals surface area contributed by atoms with Crippen molar-refractivity contribution in [2.45, 2.75) is 33.6 Å². The molecule has 2 aliphatic rings. The van der Waals surface area contributed by atoms with Crippen molar-refractivity contribution in [1.29, 1.82) is 0 Å². The summed E-state index contributed by atoms with van der Waals surface area (Å²) in [6.45, 7) is 7.11. The fourth-order valence-electron chi connectivity index (χ4n) is 2.69. The van der Waals surface area contributed by atoms with Gasteiger partial charge in [0.2, 0.25) is 0 Å². The summed E-state index contributed by atoms with van der Waals surface area (Å²) in [6.07, 6.45) is 7.69. The second kappa shape index (κ2) is 1.49. The van der Waals surface area contributed by atoms with E-state index >= 15 is 0 Å². The Morgan fingerprint density at radius 1 is 1.20 bits per heavy atom. The van der Waals surface area contributed by atoms with Gasteiger partial charge in [0.25, 0.3) is 0 Å². The molecule has 2 rings (SSSR count). The van der Waals surface area contributed by atoms with Crippen molar-refractivity contribution in [2.75, 3.05) is 0 Å². The molecule has 0 heterocycles. The van der Waals surface area contributed by atoms with Crippen molar-refractivity contribution in [3.8, 4) is 0 Å². The molecular weight excluding hydrogens is 120 g/mol. The molecule has 0 radical (unpaired) electrons. The third-order valence-electron chi connectivity index (χ3n) is 3.56. The smallest absolute Gasteiger partial charge is 0.0110 e. The SMILES string of the molecule is CC1(C)C=CC2(C)CCC12. The van der Waals surface area contributed by atoms with E-state index in [1.807, 2.05) is 0 Å². The number of fused-ring (bicyclic) bond motifs is 1. The van der Waals surface area contributed by atoms with Crippen LogP contribution in [0.4, 0.5) is 0 Å². The summed E-state index contributed by atoms with van der Waals surface area (Å²) in [5.74, 6) is 0.944. The predicted molar refractivity (Wildman–Crippen MR) is 43.8 cm³/mol. The van der Waals surface area contributed by atoms with Crippen LogP contribution in [0.1, 0.15) is 33.6 Å². The fraction of sp³-hybridized carbons (Fsp3) is 0.800. The number of rotatable bonds is 0. The van der Waals surface area contributed by atoms with Crippen LogP contribution >= 0.6 is 0 Å². The van der Waals surface area contributed by atoms with Gasteiger partial charge in [-0.05, 0) is 29.6 Å². The molecule has 0 aromatic carbocycles. The van der Waals surface area contributed by atoms with Gasteiger partial charge in [0, 0.05) is 0 Å². The Balaban J connectivity index is 2.30. The molecule has 0 heteroatoms. The summed E-state index contributed by atoms with van der Waals surface area (Å²) in [6, 6.07) is 0. The van der Waals surface area contributed by atoms with E-state index in [1.165, 1.54) is 12.8 Å². The van der Waals surface area contributed by atoms with Crippen LogP contribution in [-0.4, -0.2) is 0 Å². The van der Waals surface area contributed by atoms with Gasteiger partial charge in [-0.3, -0.25) is 0 Å². The third-order valence-corrected chi connectivity index (χ3v) is 3.56. The lowest BCUT2D eigenvalue weighted by Gasteiger charge is -2.47. The molecule has 1 saturated carbocycles. The Morgan fingerprint density at radius 2 is 1.90 bits per heavy atom. The van der Waals surface area contributed by atoms with E-state index in [1.54, 1.807) is 0 Å². The van der Waals surface area contributed by atoms with Gasteiger partial charge in [-0.1, -0.05) is 32.9 Å². The first-order valence-electron chi connectivity index (χ1n) is 4.25. The molecule has 10 heavy (non-hydrogen) atoms. The van der Waals surface area contributed by atoms with Crippen LogP contribution in [0.15, 0.2) is 12.2 Å². The van der Waals surface area contributed by atoms with Crippen LogP contribution in [0, 0.1) is 16.7 Å². The highest BCUT2D eigenvalue weighted by atomic mass is 14.6. The lowest BCUT2D eigenvalue weighted by atomic mass is 9.57. The summed E-state index contributed by atoms with van der Waals surface area (Å²) in [4.78, 5) is 0. The van der Waals surface area contributed by atoms with Crippen LogP contribution in [0.25, 0.3) is 0 Å². The van der Waals surface area contributed by atoms with E-state index in [0.29, 0.717) is 10.8 Å². The average molecular weight is 136 g/mol. The van der Waals surface area contributed by atoms with Crippen molar-refractivity contribution < 1.29 is 0 Å². The fourth-order valence-corrected chi connectivity index (χ4v) is 2.69. The first-order chi connectivity index (χ1) is 4.55. The Hall–Kier alpha value is -0.260. The molecule has 0 aromatic rings. The molecule has 2 aliphatic carbocycles. The second-order valence-corrected chi connectivity index (χ2v) is 4.75. The lowest BCUT2D eigenvalue weighted by molar-refractivity contribution is 0.0474. The Labute approximate surface area is 63.3 Å². The van der Waals surface area contributed by atoms with Crippen LogP contribution in [-0.2, 0) is 0 Å². The molecule has 56 valence electrons. The monoisotopic (exact) mass is 136 g/mol. The van der Waals surface area contributed by atoms with Gasteiger partial charge < -0.3 is 0 Å². The largest absolute Gasteiger partial charge is 0.0820 e. The maximum Gasteiger partial charge on any atom is -0.0110 e. The maximum absolute atomic E-state index is 2.43. The van der Waals surface area contributed by atoms with Crippen LogP contribution in [0.5, 0.6) is 0 Å². The highest BCUT2D eigenvalue weighted by Crippen LogP contribution is 2.60. The van der Waals surface area contributed by atoms with Crippen LogP contribution in [0.2, 0.25) is 0 Å². The van der Waals surface area contributed by atoms with E-state index in [-0.39, 0.29) is 0 Å². The average Bonchev–Trinajstić information content (AvgIpc) is 1.90.